The van der Waals surface area contributed by atoms with Crippen LogP contribution in [0.1, 0.15) is 5.56 Å². The third-order valence-electron chi connectivity index (χ3n) is 3.69. The Bertz CT molecular complexity index is 817. The zero-order valence-electron chi connectivity index (χ0n) is 15.2. The van der Waals surface area contributed by atoms with Gasteiger partial charge in [0.15, 0.2) is 5.96 Å². The highest BCUT2D eigenvalue weighted by Gasteiger charge is 2.12. The largest absolute Gasteiger partial charge is 0.434 e. The Hall–Kier alpha value is -3.43. The summed E-state index contributed by atoms with van der Waals surface area (Å²) in [4.78, 5) is 14.6. The summed E-state index contributed by atoms with van der Waals surface area (Å²) >= 11 is 0. The number of aliphatic imine (C=N–C) groups is 1. The maximum absolute atomic E-state index is 12.5. The van der Waals surface area contributed by atoms with Crippen molar-refractivity contribution in [1.29, 1.82) is 0 Å². The molecule has 0 bridgehead atoms. The summed E-state index contributed by atoms with van der Waals surface area (Å²) in [6.45, 7) is -1.82. The van der Waals surface area contributed by atoms with Gasteiger partial charge in [-0.25, -0.2) is 0 Å². The minimum absolute atomic E-state index is 0.000596. The van der Waals surface area contributed by atoms with Gasteiger partial charge in [0.25, 0.3) is 5.69 Å². The Labute approximate surface area is 160 Å². The first-order valence-electron chi connectivity index (χ1n) is 8.45. The van der Waals surface area contributed by atoms with Crippen molar-refractivity contribution in [2.24, 2.45) is 4.99 Å². The van der Waals surface area contributed by atoms with Crippen LogP contribution in [0.4, 0.5) is 20.2 Å². The van der Waals surface area contributed by atoms with Crippen LogP contribution >= 0.6 is 0 Å². The third kappa shape index (κ3) is 6.38. The smallest absolute Gasteiger partial charge is 0.387 e. The number of nitro groups is 1. The fraction of sp³-hybridized carbons (Fsp3) is 0.278. The Morgan fingerprint density at radius 1 is 1.14 bits per heavy atom. The number of ether oxygens (including phenoxy) is 1. The number of benzene rings is 2. The molecule has 8 nitrogen and oxygen atoms in total. The van der Waals surface area contributed by atoms with Crippen LogP contribution in [0.15, 0.2) is 53.5 Å². The average molecular weight is 393 g/mol. The van der Waals surface area contributed by atoms with Crippen molar-refractivity contribution >= 4 is 17.3 Å². The molecule has 2 rings (SSSR count). The lowest BCUT2D eigenvalue weighted by atomic mass is 10.2. The maximum Gasteiger partial charge on any atom is 0.387 e. The summed E-state index contributed by atoms with van der Waals surface area (Å²) in [6, 6.07) is 12.8. The number of nitrogens with one attached hydrogen (secondary N) is 3. The van der Waals surface area contributed by atoms with E-state index in [-0.39, 0.29) is 18.0 Å². The van der Waals surface area contributed by atoms with E-state index < -0.39 is 11.5 Å². The van der Waals surface area contributed by atoms with E-state index in [1.165, 1.54) is 12.1 Å². The molecule has 0 spiro atoms. The number of anilines is 1. The van der Waals surface area contributed by atoms with Crippen LogP contribution in [0, 0.1) is 10.1 Å². The van der Waals surface area contributed by atoms with Gasteiger partial charge in [-0.1, -0.05) is 30.3 Å². The summed E-state index contributed by atoms with van der Waals surface area (Å²) in [6.07, 6.45) is 0. The highest BCUT2D eigenvalue weighted by molar-refractivity contribution is 5.79. The number of halogens is 2. The first kappa shape index (κ1) is 20.9. The number of alkyl halides is 2. The second-order valence-corrected chi connectivity index (χ2v) is 5.54. The summed E-state index contributed by atoms with van der Waals surface area (Å²) in [7, 11) is 1.58. The van der Waals surface area contributed by atoms with Gasteiger partial charge in [-0.05, 0) is 12.1 Å². The molecule has 0 heterocycles. The number of rotatable bonds is 9. The van der Waals surface area contributed by atoms with E-state index in [1.54, 1.807) is 43.4 Å². The predicted molar refractivity (Wildman–Crippen MR) is 103 cm³/mol. The molecule has 0 radical (unpaired) electrons. The van der Waals surface area contributed by atoms with Crippen LogP contribution in [0.25, 0.3) is 0 Å². The van der Waals surface area contributed by atoms with Gasteiger partial charge in [0.05, 0.1) is 4.92 Å². The molecule has 0 aliphatic rings. The molecular formula is C18H21F2N5O3. The van der Waals surface area contributed by atoms with Gasteiger partial charge in [0.1, 0.15) is 11.4 Å². The molecule has 0 amide bonds. The van der Waals surface area contributed by atoms with Gasteiger partial charge in [0.2, 0.25) is 0 Å². The second-order valence-electron chi connectivity index (χ2n) is 5.54. The molecule has 150 valence electrons. The normalized spacial score (nSPS) is 11.2. The van der Waals surface area contributed by atoms with Crippen molar-refractivity contribution in [2.75, 3.05) is 25.5 Å². The minimum atomic E-state index is -2.90. The highest BCUT2D eigenvalue weighted by Crippen LogP contribution is 2.22. The lowest BCUT2D eigenvalue weighted by Crippen LogP contribution is -2.39. The van der Waals surface area contributed by atoms with E-state index in [4.69, 9.17) is 0 Å². The molecule has 0 aliphatic carbocycles. The van der Waals surface area contributed by atoms with Crippen LogP contribution in [-0.2, 0) is 6.54 Å². The average Bonchev–Trinajstić information content (AvgIpc) is 2.68. The Balaban J connectivity index is 1.82. The zero-order chi connectivity index (χ0) is 20.4. The molecule has 0 atom stereocenters. The molecule has 3 N–H and O–H groups in total. The molecule has 0 aliphatic heterocycles. The first-order valence-corrected chi connectivity index (χ1v) is 8.45. The lowest BCUT2D eigenvalue weighted by Gasteiger charge is -2.15. The second kappa shape index (κ2) is 10.7. The van der Waals surface area contributed by atoms with Crippen molar-refractivity contribution in [3.05, 3.63) is 64.2 Å². The molecule has 0 unspecified atom stereocenters. The monoisotopic (exact) mass is 393 g/mol. The van der Waals surface area contributed by atoms with Crippen molar-refractivity contribution in [3.63, 3.8) is 0 Å². The fourth-order valence-electron chi connectivity index (χ4n) is 2.42. The minimum Gasteiger partial charge on any atom is -0.434 e. The van der Waals surface area contributed by atoms with E-state index in [9.17, 15) is 18.9 Å². The first-order chi connectivity index (χ1) is 13.5. The Kier molecular flexibility index (Phi) is 7.94. The third-order valence-corrected chi connectivity index (χ3v) is 3.69. The summed E-state index contributed by atoms with van der Waals surface area (Å²) in [5, 5.41) is 20.0. The molecular weight excluding hydrogens is 372 g/mol. The topological polar surface area (TPSA) is 101 Å². The molecule has 10 heteroatoms. The molecule has 0 saturated carbocycles. The lowest BCUT2D eigenvalue weighted by molar-refractivity contribution is -0.384. The number of para-hydroxylation sites is 3. The fourth-order valence-corrected chi connectivity index (χ4v) is 2.42. The van der Waals surface area contributed by atoms with Gasteiger partial charge in [-0.2, -0.15) is 8.78 Å². The van der Waals surface area contributed by atoms with Crippen LogP contribution in [0.3, 0.4) is 0 Å². The van der Waals surface area contributed by atoms with Gasteiger partial charge in [-0.3, -0.25) is 15.1 Å². The van der Waals surface area contributed by atoms with E-state index >= 15 is 0 Å². The van der Waals surface area contributed by atoms with Crippen LogP contribution < -0.4 is 20.7 Å². The van der Waals surface area contributed by atoms with Crippen molar-refractivity contribution in [1.82, 2.24) is 10.6 Å². The molecule has 28 heavy (non-hydrogen) atoms. The SMILES string of the molecule is CN=C(NCCNc1ccccc1[N+](=O)[O-])NCc1ccccc1OC(F)F. The number of nitro benzene ring substituents is 1. The van der Waals surface area contributed by atoms with Gasteiger partial charge in [-0.15, -0.1) is 0 Å². The highest BCUT2D eigenvalue weighted by atomic mass is 19.3. The van der Waals surface area contributed by atoms with Crippen molar-refractivity contribution in [2.45, 2.75) is 13.2 Å². The predicted octanol–water partition coefficient (Wildman–Crippen LogP) is 2.97. The number of hydrogen-bond acceptors (Lipinski definition) is 5. The van der Waals surface area contributed by atoms with E-state index in [0.29, 0.717) is 30.3 Å². The number of guanidine groups is 1. The van der Waals surface area contributed by atoms with E-state index in [0.717, 1.165) is 0 Å². The molecule has 0 saturated heterocycles. The quantitative estimate of drug-likeness (QED) is 0.199. The zero-order valence-corrected chi connectivity index (χ0v) is 15.2. The van der Waals surface area contributed by atoms with Gasteiger partial charge < -0.3 is 20.7 Å². The summed E-state index contributed by atoms with van der Waals surface area (Å²) in [5.41, 5.74) is 0.986. The molecule has 2 aromatic rings. The number of nitrogens with zero attached hydrogens (tertiary/aromatic N) is 2. The summed E-state index contributed by atoms with van der Waals surface area (Å²) in [5.74, 6) is 0.551. The standard InChI is InChI=1S/C18H21F2N5O3/c1-21-18(24-12-13-6-2-5-9-16(13)28-17(19)20)23-11-10-22-14-7-3-4-8-15(14)25(26)27/h2-9,17,22H,10-12H2,1H3,(H2,21,23,24). The number of hydrogen-bond donors (Lipinski definition) is 3. The Morgan fingerprint density at radius 3 is 2.57 bits per heavy atom. The maximum atomic E-state index is 12.5. The Morgan fingerprint density at radius 2 is 1.86 bits per heavy atom. The van der Waals surface area contributed by atoms with Crippen molar-refractivity contribution < 1.29 is 18.4 Å². The van der Waals surface area contributed by atoms with Crippen LogP contribution in [-0.4, -0.2) is 37.6 Å². The molecule has 2 aromatic carbocycles. The van der Waals surface area contributed by atoms with E-state index in [2.05, 4.69) is 25.7 Å². The van der Waals surface area contributed by atoms with Crippen LogP contribution in [0.5, 0.6) is 5.75 Å². The van der Waals surface area contributed by atoms with Crippen molar-refractivity contribution in [3.8, 4) is 5.75 Å². The van der Waals surface area contributed by atoms with Crippen LogP contribution in [0.2, 0.25) is 0 Å². The van der Waals surface area contributed by atoms with Gasteiger partial charge >= 0.3 is 6.61 Å². The molecule has 0 aromatic heterocycles. The van der Waals surface area contributed by atoms with E-state index in [1.807, 2.05) is 0 Å². The van der Waals surface area contributed by atoms with Gasteiger partial charge in [0, 0.05) is 38.3 Å². The molecule has 0 fully saturated rings. The summed E-state index contributed by atoms with van der Waals surface area (Å²) < 4.78 is 29.4.